The molecule has 0 fully saturated rings. The maximum atomic E-state index is 12.0. The number of nitrogens with one attached hydrogen (secondary N) is 1. The summed E-state index contributed by atoms with van der Waals surface area (Å²) in [6.45, 7) is 6.13. The Morgan fingerprint density at radius 1 is 1.07 bits per heavy atom. The molecule has 0 aliphatic heterocycles. The summed E-state index contributed by atoms with van der Waals surface area (Å²) in [5.41, 5.74) is 1.95. The average molecular weight is 394 g/mol. The molecular weight excluding hydrogens is 368 g/mol. The second-order valence-electron chi connectivity index (χ2n) is 7.62. The van der Waals surface area contributed by atoms with Crippen LogP contribution in [-0.2, 0) is 17.9 Å². The van der Waals surface area contributed by atoms with Gasteiger partial charge in [-0.1, -0.05) is 30.3 Å². The van der Waals surface area contributed by atoms with E-state index in [1.807, 2.05) is 75.4 Å². The third-order valence-corrected chi connectivity index (χ3v) is 4.08. The Balaban J connectivity index is 1.84. The van der Waals surface area contributed by atoms with Crippen molar-refractivity contribution >= 4 is 17.0 Å². The van der Waals surface area contributed by atoms with Gasteiger partial charge >= 0.3 is 6.09 Å². The molecule has 1 heterocycles. The van der Waals surface area contributed by atoms with Gasteiger partial charge < -0.3 is 19.5 Å². The fourth-order valence-electron chi connectivity index (χ4n) is 2.78. The number of aromatic nitrogens is 1. The van der Waals surface area contributed by atoms with E-state index < -0.39 is 11.7 Å². The van der Waals surface area contributed by atoms with E-state index in [1.54, 1.807) is 7.11 Å². The predicted molar refractivity (Wildman–Crippen MR) is 112 cm³/mol. The fourth-order valence-corrected chi connectivity index (χ4v) is 2.78. The summed E-state index contributed by atoms with van der Waals surface area (Å²) in [6, 6.07) is 17.4. The lowest BCUT2D eigenvalue weighted by atomic mass is 10.1. The van der Waals surface area contributed by atoms with Crippen LogP contribution in [0.15, 0.2) is 54.6 Å². The van der Waals surface area contributed by atoms with Gasteiger partial charge in [0, 0.05) is 11.5 Å². The number of carbonyl (C=O) groups is 1. The van der Waals surface area contributed by atoms with Crippen molar-refractivity contribution in [2.75, 3.05) is 7.11 Å². The van der Waals surface area contributed by atoms with Gasteiger partial charge in [0.1, 0.15) is 23.7 Å². The molecule has 0 bridgehead atoms. The molecule has 0 saturated heterocycles. The fraction of sp³-hybridized carbons (Fsp3) is 0.304. The first-order valence-corrected chi connectivity index (χ1v) is 9.45. The zero-order valence-electron chi connectivity index (χ0n) is 17.2. The van der Waals surface area contributed by atoms with E-state index in [-0.39, 0.29) is 6.54 Å². The SMILES string of the molecule is COc1ccc2nc(CNC(=O)OC(C)(C)C)cc(OCc3ccccc3)c2c1. The van der Waals surface area contributed by atoms with Crippen LogP contribution in [-0.4, -0.2) is 23.8 Å². The lowest BCUT2D eigenvalue weighted by Gasteiger charge is -2.19. The number of alkyl carbamates (subject to hydrolysis) is 1. The summed E-state index contributed by atoms with van der Waals surface area (Å²) in [4.78, 5) is 16.6. The molecule has 0 aliphatic carbocycles. The summed E-state index contributed by atoms with van der Waals surface area (Å²) in [5, 5.41) is 3.59. The number of nitrogens with zero attached hydrogens (tertiary/aromatic N) is 1. The van der Waals surface area contributed by atoms with Crippen LogP contribution < -0.4 is 14.8 Å². The minimum absolute atomic E-state index is 0.235. The number of rotatable bonds is 6. The molecular formula is C23H26N2O4. The topological polar surface area (TPSA) is 69.7 Å². The first-order chi connectivity index (χ1) is 13.8. The summed E-state index contributed by atoms with van der Waals surface area (Å²) in [7, 11) is 1.62. The van der Waals surface area contributed by atoms with Crippen LogP contribution in [0.1, 0.15) is 32.0 Å². The highest BCUT2D eigenvalue weighted by Gasteiger charge is 2.16. The van der Waals surface area contributed by atoms with Gasteiger partial charge in [0.05, 0.1) is 24.9 Å². The van der Waals surface area contributed by atoms with Crippen molar-refractivity contribution in [1.29, 1.82) is 0 Å². The monoisotopic (exact) mass is 394 g/mol. The Kier molecular flexibility index (Phi) is 6.22. The van der Waals surface area contributed by atoms with E-state index in [2.05, 4.69) is 10.3 Å². The maximum Gasteiger partial charge on any atom is 0.407 e. The smallest absolute Gasteiger partial charge is 0.407 e. The second-order valence-corrected chi connectivity index (χ2v) is 7.62. The number of hydrogen-bond donors (Lipinski definition) is 1. The number of ether oxygens (including phenoxy) is 3. The van der Waals surface area contributed by atoms with E-state index in [9.17, 15) is 4.79 Å². The normalized spacial score (nSPS) is 11.2. The van der Waals surface area contributed by atoms with Crippen molar-refractivity contribution in [2.24, 2.45) is 0 Å². The lowest BCUT2D eigenvalue weighted by molar-refractivity contribution is 0.0523. The Morgan fingerprint density at radius 2 is 1.83 bits per heavy atom. The maximum absolute atomic E-state index is 12.0. The zero-order valence-corrected chi connectivity index (χ0v) is 17.2. The van der Waals surface area contributed by atoms with Crippen molar-refractivity contribution in [1.82, 2.24) is 10.3 Å². The highest BCUT2D eigenvalue weighted by atomic mass is 16.6. The molecule has 0 aliphatic rings. The van der Waals surface area contributed by atoms with Crippen molar-refractivity contribution in [3.05, 3.63) is 65.9 Å². The molecule has 29 heavy (non-hydrogen) atoms. The number of fused-ring (bicyclic) bond motifs is 1. The minimum Gasteiger partial charge on any atom is -0.497 e. The zero-order chi connectivity index (χ0) is 20.9. The van der Waals surface area contributed by atoms with Crippen LogP contribution in [0.3, 0.4) is 0 Å². The molecule has 0 spiro atoms. The number of amides is 1. The lowest BCUT2D eigenvalue weighted by Crippen LogP contribution is -2.32. The van der Waals surface area contributed by atoms with Crippen LogP contribution in [0, 0.1) is 0 Å². The van der Waals surface area contributed by atoms with Crippen LogP contribution in [0.25, 0.3) is 10.9 Å². The Bertz CT molecular complexity index is 981. The molecule has 3 rings (SSSR count). The molecule has 1 amide bonds. The molecule has 3 aromatic rings. The number of methoxy groups -OCH3 is 1. The van der Waals surface area contributed by atoms with Gasteiger partial charge in [-0.25, -0.2) is 4.79 Å². The Morgan fingerprint density at radius 3 is 2.52 bits per heavy atom. The highest BCUT2D eigenvalue weighted by molar-refractivity contribution is 5.86. The second kappa shape index (κ2) is 8.82. The molecule has 0 atom stereocenters. The molecule has 152 valence electrons. The van der Waals surface area contributed by atoms with Crippen molar-refractivity contribution in [3.8, 4) is 11.5 Å². The van der Waals surface area contributed by atoms with Crippen molar-refractivity contribution < 1.29 is 19.0 Å². The van der Waals surface area contributed by atoms with Gasteiger partial charge in [-0.3, -0.25) is 4.98 Å². The summed E-state index contributed by atoms with van der Waals surface area (Å²) in [5.74, 6) is 1.40. The Hall–Kier alpha value is -3.28. The van der Waals surface area contributed by atoms with Crippen molar-refractivity contribution in [2.45, 2.75) is 39.5 Å². The number of benzene rings is 2. The first-order valence-electron chi connectivity index (χ1n) is 9.45. The number of pyridine rings is 1. The summed E-state index contributed by atoms with van der Waals surface area (Å²) >= 11 is 0. The minimum atomic E-state index is -0.554. The molecule has 6 heteroatoms. The molecule has 0 unspecified atom stereocenters. The van der Waals surface area contributed by atoms with Crippen molar-refractivity contribution in [3.63, 3.8) is 0 Å². The Labute approximate surface area is 170 Å². The third-order valence-electron chi connectivity index (χ3n) is 4.08. The highest BCUT2D eigenvalue weighted by Crippen LogP contribution is 2.30. The average Bonchev–Trinajstić information content (AvgIpc) is 2.69. The predicted octanol–water partition coefficient (Wildman–Crippen LogP) is 4.85. The van der Waals surface area contributed by atoms with Crippen LogP contribution >= 0.6 is 0 Å². The molecule has 0 radical (unpaired) electrons. The standard InChI is InChI=1S/C23H26N2O4/c1-23(2,3)29-22(26)24-14-17-12-21(28-15-16-8-6-5-7-9-16)19-13-18(27-4)10-11-20(19)25-17/h5-13H,14-15H2,1-4H3,(H,24,26). The molecule has 0 saturated carbocycles. The quantitative estimate of drug-likeness (QED) is 0.647. The van der Waals surface area contributed by atoms with Gasteiger partial charge in [0.2, 0.25) is 0 Å². The molecule has 1 aromatic heterocycles. The van der Waals surface area contributed by atoms with E-state index >= 15 is 0 Å². The summed E-state index contributed by atoms with van der Waals surface area (Å²) in [6.07, 6.45) is -0.485. The summed E-state index contributed by atoms with van der Waals surface area (Å²) < 4.78 is 16.7. The number of carbonyl (C=O) groups excluding carboxylic acids is 1. The largest absolute Gasteiger partial charge is 0.497 e. The van der Waals surface area contributed by atoms with Gasteiger partial charge in [-0.2, -0.15) is 0 Å². The van der Waals surface area contributed by atoms with E-state index in [1.165, 1.54) is 0 Å². The van der Waals surface area contributed by atoms with Gasteiger partial charge in [-0.05, 0) is 44.5 Å². The molecule has 1 N–H and O–H groups in total. The van der Waals surface area contributed by atoms with Crippen LogP contribution in [0.4, 0.5) is 4.79 Å². The van der Waals surface area contributed by atoms with Gasteiger partial charge in [0.15, 0.2) is 0 Å². The van der Waals surface area contributed by atoms with Gasteiger partial charge in [0.25, 0.3) is 0 Å². The van der Waals surface area contributed by atoms with E-state index in [4.69, 9.17) is 14.2 Å². The van der Waals surface area contributed by atoms with Crippen LogP contribution in [0.5, 0.6) is 11.5 Å². The van der Waals surface area contributed by atoms with E-state index in [0.29, 0.717) is 18.1 Å². The van der Waals surface area contributed by atoms with Gasteiger partial charge in [-0.15, -0.1) is 0 Å². The first kappa shape index (κ1) is 20.5. The third kappa shape index (κ3) is 5.85. The van der Waals surface area contributed by atoms with Crippen LogP contribution in [0.2, 0.25) is 0 Å². The molecule has 2 aromatic carbocycles. The number of hydrogen-bond acceptors (Lipinski definition) is 5. The van der Waals surface area contributed by atoms with E-state index in [0.717, 1.165) is 22.2 Å². The molecule has 6 nitrogen and oxygen atoms in total.